The number of halogens is 2. The van der Waals surface area contributed by atoms with Crippen molar-refractivity contribution in [2.45, 2.75) is 31.3 Å². The van der Waals surface area contributed by atoms with Crippen molar-refractivity contribution in [3.8, 4) is 0 Å². The minimum atomic E-state index is -1.58. The summed E-state index contributed by atoms with van der Waals surface area (Å²) in [5.74, 6) is 0.0468. The van der Waals surface area contributed by atoms with E-state index < -0.39 is 24.4 Å². The van der Waals surface area contributed by atoms with Crippen LogP contribution in [0.3, 0.4) is 0 Å². The van der Waals surface area contributed by atoms with Crippen LogP contribution in [0.15, 0.2) is 12.1 Å². The zero-order chi connectivity index (χ0) is 15.0. The molecular formula is C12H14Cl2N2O4. The average Bonchev–Trinajstić information content (AvgIpc) is 2.79. The van der Waals surface area contributed by atoms with E-state index in [2.05, 4.69) is 9.97 Å². The van der Waals surface area contributed by atoms with Crippen molar-refractivity contribution in [1.82, 2.24) is 9.97 Å². The second-order valence-corrected chi connectivity index (χ2v) is 5.39. The van der Waals surface area contributed by atoms with Crippen LogP contribution in [0.25, 0.3) is 11.0 Å². The van der Waals surface area contributed by atoms with Crippen LogP contribution in [0.1, 0.15) is 18.9 Å². The number of hydrogen-bond acceptors (Lipinski definition) is 5. The molecule has 2 aromatic rings. The van der Waals surface area contributed by atoms with Crippen LogP contribution in [-0.2, 0) is 0 Å². The molecule has 0 aliphatic heterocycles. The molecule has 3 unspecified atom stereocenters. The maximum absolute atomic E-state index is 9.97. The molecule has 4 atom stereocenters. The summed E-state index contributed by atoms with van der Waals surface area (Å²) in [5.41, 5.74) is 0.999. The normalized spacial score (nSPS) is 17.9. The van der Waals surface area contributed by atoms with Crippen LogP contribution in [0.5, 0.6) is 0 Å². The molecule has 20 heavy (non-hydrogen) atoms. The van der Waals surface area contributed by atoms with Gasteiger partial charge in [0.05, 0.1) is 27.2 Å². The molecule has 0 spiro atoms. The molecule has 110 valence electrons. The fraction of sp³-hybridized carbons (Fsp3) is 0.417. The van der Waals surface area contributed by atoms with Crippen LogP contribution < -0.4 is 0 Å². The zero-order valence-corrected chi connectivity index (χ0v) is 12.0. The lowest BCUT2D eigenvalue weighted by atomic mass is 10.0. The van der Waals surface area contributed by atoms with Crippen molar-refractivity contribution in [3.63, 3.8) is 0 Å². The lowest BCUT2D eigenvalue weighted by Crippen LogP contribution is -2.39. The summed E-state index contributed by atoms with van der Waals surface area (Å²) in [6.45, 7) is 1.30. The van der Waals surface area contributed by atoms with Gasteiger partial charge in [-0.25, -0.2) is 4.98 Å². The molecule has 1 aromatic carbocycles. The molecule has 0 amide bonds. The lowest BCUT2D eigenvalue weighted by molar-refractivity contribution is -0.103. The van der Waals surface area contributed by atoms with E-state index in [1.54, 1.807) is 6.07 Å². The fourth-order valence-corrected chi connectivity index (χ4v) is 2.12. The highest BCUT2D eigenvalue weighted by atomic mass is 35.5. The Hall–Kier alpha value is -0.890. The number of rotatable bonds is 4. The van der Waals surface area contributed by atoms with Gasteiger partial charge in [-0.1, -0.05) is 23.2 Å². The van der Waals surface area contributed by atoms with E-state index in [1.165, 1.54) is 13.0 Å². The first-order chi connectivity index (χ1) is 9.31. The molecule has 0 saturated heterocycles. The standard InChI is InChI=1S/C12H14Cl2N2O4/c1-4(17)9(18)10(19)11(20)12-15-7-2-5(13)6(14)3-8(7)16-12/h2-4,9-11,17-20H,1H3,(H,15,16)/t4?,9?,10?,11-/m0/s1. The van der Waals surface area contributed by atoms with Gasteiger partial charge in [0.25, 0.3) is 0 Å². The topological polar surface area (TPSA) is 110 Å². The molecule has 0 fully saturated rings. The maximum Gasteiger partial charge on any atom is 0.140 e. The van der Waals surface area contributed by atoms with Gasteiger partial charge >= 0.3 is 0 Å². The second kappa shape index (κ2) is 5.85. The SMILES string of the molecule is CC(O)C(O)C(O)[C@H](O)c1nc2cc(Cl)c(Cl)cc2[nH]1. The van der Waals surface area contributed by atoms with Crippen molar-refractivity contribution >= 4 is 34.2 Å². The molecule has 0 saturated carbocycles. The van der Waals surface area contributed by atoms with Gasteiger partial charge in [0.15, 0.2) is 0 Å². The van der Waals surface area contributed by atoms with Crippen molar-refractivity contribution < 1.29 is 20.4 Å². The zero-order valence-electron chi connectivity index (χ0n) is 10.5. The molecule has 0 radical (unpaired) electrons. The van der Waals surface area contributed by atoms with Gasteiger partial charge in [-0.2, -0.15) is 0 Å². The van der Waals surface area contributed by atoms with Gasteiger partial charge in [0.2, 0.25) is 0 Å². The number of fused-ring (bicyclic) bond motifs is 1. The number of benzene rings is 1. The molecule has 8 heteroatoms. The summed E-state index contributed by atoms with van der Waals surface area (Å²) in [6.07, 6.45) is -5.75. The molecule has 0 aliphatic carbocycles. The van der Waals surface area contributed by atoms with Crippen LogP contribution in [0.4, 0.5) is 0 Å². The summed E-state index contributed by atoms with van der Waals surface area (Å²) < 4.78 is 0. The Bertz CT molecular complexity index is 578. The Kier molecular flexibility index (Phi) is 4.53. The monoisotopic (exact) mass is 320 g/mol. The van der Waals surface area contributed by atoms with E-state index in [4.69, 9.17) is 23.2 Å². The van der Waals surface area contributed by atoms with Crippen molar-refractivity contribution in [1.29, 1.82) is 0 Å². The van der Waals surface area contributed by atoms with E-state index in [9.17, 15) is 20.4 Å². The molecule has 1 heterocycles. The number of nitrogens with zero attached hydrogens (tertiary/aromatic N) is 1. The van der Waals surface area contributed by atoms with Gasteiger partial charge in [-0.05, 0) is 19.1 Å². The second-order valence-electron chi connectivity index (χ2n) is 4.57. The highest BCUT2D eigenvalue weighted by Gasteiger charge is 2.31. The van der Waals surface area contributed by atoms with Crippen LogP contribution in [-0.4, -0.2) is 48.7 Å². The number of nitrogens with one attached hydrogen (secondary N) is 1. The van der Waals surface area contributed by atoms with Gasteiger partial charge in [0.1, 0.15) is 24.1 Å². The smallest absolute Gasteiger partial charge is 0.140 e. The number of H-pyrrole nitrogens is 1. The van der Waals surface area contributed by atoms with E-state index in [1.807, 2.05) is 0 Å². The number of aromatic nitrogens is 2. The van der Waals surface area contributed by atoms with Gasteiger partial charge in [-0.15, -0.1) is 0 Å². The number of hydrogen-bond donors (Lipinski definition) is 5. The van der Waals surface area contributed by atoms with Crippen LogP contribution in [0.2, 0.25) is 10.0 Å². The predicted octanol–water partition coefficient (Wildman–Crippen LogP) is 1.01. The number of aliphatic hydroxyl groups is 4. The average molecular weight is 321 g/mol. The molecule has 0 aliphatic rings. The summed E-state index contributed by atoms with van der Waals surface area (Å²) in [6, 6.07) is 3.06. The molecule has 5 N–H and O–H groups in total. The quantitative estimate of drug-likeness (QED) is 0.577. The number of aromatic amines is 1. The Morgan fingerprint density at radius 1 is 1.05 bits per heavy atom. The molecule has 6 nitrogen and oxygen atoms in total. The number of imidazole rings is 1. The number of aliphatic hydroxyl groups excluding tert-OH is 4. The van der Waals surface area contributed by atoms with E-state index in [-0.39, 0.29) is 5.82 Å². The van der Waals surface area contributed by atoms with E-state index in [0.29, 0.717) is 21.1 Å². The first-order valence-electron chi connectivity index (χ1n) is 5.88. The predicted molar refractivity (Wildman–Crippen MR) is 74.8 cm³/mol. The Morgan fingerprint density at radius 3 is 2.25 bits per heavy atom. The van der Waals surface area contributed by atoms with E-state index >= 15 is 0 Å². The third-order valence-corrected chi connectivity index (χ3v) is 3.71. The Labute approximate surface area is 124 Å². The maximum atomic E-state index is 9.97. The van der Waals surface area contributed by atoms with E-state index in [0.717, 1.165) is 0 Å². The van der Waals surface area contributed by atoms with Crippen molar-refractivity contribution in [2.75, 3.05) is 0 Å². The van der Waals surface area contributed by atoms with Crippen LogP contribution >= 0.6 is 23.2 Å². The molecule has 0 bridgehead atoms. The highest BCUT2D eigenvalue weighted by Crippen LogP contribution is 2.28. The Balaban J connectivity index is 2.33. The van der Waals surface area contributed by atoms with Gasteiger partial charge in [-0.3, -0.25) is 0 Å². The third kappa shape index (κ3) is 2.90. The minimum absolute atomic E-state index is 0.0468. The lowest BCUT2D eigenvalue weighted by Gasteiger charge is -2.23. The van der Waals surface area contributed by atoms with Crippen LogP contribution in [0, 0.1) is 0 Å². The van der Waals surface area contributed by atoms with Crippen molar-refractivity contribution in [2.24, 2.45) is 0 Å². The van der Waals surface area contributed by atoms with Crippen molar-refractivity contribution in [3.05, 3.63) is 28.0 Å². The summed E-state index contributed by atoms with van der Waals surface area (Å²) in [4.78, 5) is 6.86. The van der Waals surface area contributed by atoms with Gasteiger partial charge < -0.3 is 25.4 Å². The largest absolute Gasteiger partial charge is 0.391 e. The molecule has 1 aromatic heterocycles. The fourth-order valence-electron chi connectivity index (χ4n) is 1.80. The molecular weight excluding hydrogens is 307 g/mol. The summed E-state index contributed by atoms with van der Waals surface area (Å²) >= 11 is 11.7. The first kappa shape index (κ1) is 15.5. The third-order valence-electron chi connectivity index (χ3n) is 2.99. The summed E-state index contributed by atoms with van der Waals surface area (Å²) in [7, 11) is 0. The minimum Gasteiger partial charge on any atom is -0.391 e. The first-order valence-corrected chi connectivity index (χ1v) is 6.63. The van der Waals surface area contributed by atoms with Gasteiger partial charge in [0, 0.05) is 0 Å². The Morgan fingerprint density at radius 2 is 1.65 bits per heavy atom. The highest BCUT2D eigenvalue weighted by molar-refractivity contribution is 6.42. The summed E-state index contributed by atoms with van der Waals surface area (Å²) in [5, 5.41) is 39.1. The molecule has 2 rings (SSSR count).